The standard InChI is InChI=1S/C18H27N3O2/c1-13-8-9-21(16(10-13)12-19)17(22)11-14(2)20-18(23)15-6-4-3-5-7-15/h3-7,13-14,16H,8-12,19H2,1-2H3,(H,20,23). The molecule has 5 nitrogen and oxygen atoms in total. The second-order valence-corrected chi connectivity index (χ2v) is 6.55. The van der Waals surface area contributed by atoms with Gasteiger partial charge in [-0.05, 0) is 37.8 Å². The van der Waals surface area contributed by atoms with E-state index in [-0.39, 0.29) is 23.9 Å². The van der Waals surface area contributed by atoms with E-state index in [1.54, 1.807) is 12.1 Å². The third-order valence-corrected chi connectivity index (χ3v) is 4.46. The summed E-state index contributed by atoms with van der Waals surface area (Å²) in [7, 11) is 0. The summed E-state index contributed by atoms with van der Waals surface area (Å²) in [5.74, 6) is 0.546. The molecule has 1 aliphatic rings. The molecule has 0 saturated carbocycles. The molecule has 0 radical (unpaired) electrons. The van der Waals surface area contributed by atoms with Crippen LogP contribution in [0, 0.1) is 5.92 Å². The first-order valence-corrected chi connectivity index (χ1v) is 8.36. The van der Waals surface area contributed by atoms with E-state index in [1.807, 2.05) is 30.0 Å². The van der Waals surface area contributed by atoms with Gasteiger partial charge in [0.05, 0.1) is 0 Å². The van der Waals surface area contributed by atoms with Crippen LogP contribution in [0.1, 0.15) is 43.5 Å². The van der Waals surface area contributed by atoms with Crippen LogP contribution in [0.2, 0.25) is 0 Å². The molecule has 2 amide bonds. The minimum absolute atomic E-state index is 0.0770. The van der Waals surface area contributed by atoms with Gasteiger partial charge in [0.1, 0.15) is 0 Å². The van der Waals surface area contributed by atoms with Crippen LogP contribution in [-0.4, -0.2) is 41.9 Å². The Morgan fingerprint density at radius 1 is 1.35 bits per heavy atom. The molecular formula is C18H27N3O2. The molecule has 3 unspecified atom stereocenters. The van der Waals surface area contributed by atoms with Gasteiger partial charge in [-0.15, -0.1) is 0 Å². The zero-order valence-corrected chi connectivity index (χ0v) is 14.0. The third-order valence-electron chi connectivity index (χ3n) is 4.46. The van der Waals surface area contributed by atoms with Crippen molar-refractivity contribution < 1.29 is 9.59 Å². The van der Waals surface area contributed by atoms with E-state index in [2.05, 4.69) is 12.2 Å². The summed E-state index contributed by atoms with van der Waals surface area (Å²) in [6, 6.07) is 8.97. The second-order valence-electron chi connectivity index (χ2n) is 6.55. The highest BCUT2D eigenvalue weighted by atomic mass is 16.2. The number of nitrogens with one attached hydrogen (secondary N) is 1. The highest BCUT2D eigenvalue weighted by Crippen LogP contribution is 2.22. The first-order chi connectivity index (χ1) is 11.0. The first kappa shape index (κ1) is 17.5. The predicted molar refractivity (Wildman–Crippen MR) is 90.9 cm³/mol. The molecule has 126 valence electrons. The van der Waals surface area contributed by atoms with Gasteiger partial charge >= 0.3 is 0 Å². The largest absolute Gasteiger partial charge is 0.349 e. The molecule has 23 heavy (non-hydrogen) atoms. The van der Waals surface area contributed by atoms with Crippen molar-refractivity contribution in [3.05, 3.63) is 35.9 Å². The SMILES string of the molecule is CC1CCN(C(=O)CC(C)NC(=O)c2ccccc2)C(CN)C1. The smallest absolute Gasteiger partial charge is 0.251 e. The van der Waals surface area contributed by atoms with Crippen LogP contribution in [0.3, 0.4) is 0 Å². The van der Waals surface area contributed by atoms with E-state index in [9.17, 15) is 9.59 Å². The van der Waals surface area contributed by atoms with E-state index < -0.39 is 0 Å². The summed E-state index contributed by atoms with van der Waals surface area (Å²) in [6.07, 6.45) is 2.30. The Morgan fingerprint density at radius 3 is 2.70 bits per heavy atom. The summed E-state index contributed by atoms with van der Waals surface area (Å²) in [4.78, 5) is 26.5. The Hall–Kier alpha value is -1.88. The van der Waals surface area contributed by atoms with Gasteiger partial charge in [-0.25, -0.2) is 0 Å². The molecule has 1 heterocycles. The van der Waals surface area contributed by atoms with Crippen LogP contribution in [-0.2, 0) is 4.79 Å². The Kier molecular flexibility index (Phi) is 6.16. The number of carbonyl (C=O) groups excluding carboxylic acids is 2. The van der Waals surface area contributed by atoms with Crippen LogP contribution >= 0.6 is 0 Å². The lowest BCUT2D eigenvalue weighted by Gasteiger charge is -2.38. The number of hydrogen-bond donors (Lipinski definition) is 2. The molecule has 2 rings (SSSR count). The number of likely N-dealkylation sites (tertiary alicyclic amines) is 1. The molecule has 3 atom stereocenters. The van der Waals surface area contributed by atoms with E-state index >= 15 is 0 Å². The zero-order valence-electron chi connectivity index (χ0n) is 14.0. The molecule has 3 N–H and O–H groups in total. The fraction of sp³-hybridized carbons (Fsp3) is 0.556. The van der Waals surface area contributed by atoms with Gasteiger partial charge in [0.25, 0.3) is 5.91 Å². The molecule has 1 saturated heterocycles. The molecule has 0 aliphatic carbocycles. The first-order valence-electron chi connectivity index (χ1n) is 8.36. The summed E-state index contributed by atoms with van der Waals surface area (Å²) in [5.41, 5.74) is 6.43. The van der Waals surface area contributed by atoms with Gasteiger partial charge in [0.15, 0.2) is 0 Å². The second kappa shape index (κ2) is 8.11. The third kappa shape index (κ3) is 4.79. The highest BCUT2D eigenvalue weighted by Gasteiger charge is 2.29. The number of nitrogens with zero attached hydrogens (tertiary/aromatic N) is 1. The van der Waals surface area contributed by atoms with Crippen molar-refractivity contribution in [3.8, 4) is 0 Å². The normalized spacial score (nSPS) is 22.5. The fourth-order valence-electron chi connectivity index (χ4n) is 3.13. The van der Waals surface area contributed by atoms with Gasteiger partial charge < -0.3 is 16.0 Å². The zero-order chi connectivity index (χ0) is 16.8. The molecule has 1 aliphatic heterocycles. The Labute approximate surface area is 138 Å². The number of benzene rings is 1. The van der Waals surface area contributed by atoms with Crippen LogP contribution in [0.15, 0.2) is 30.3 Å². The van der Waals surface area contributed by atoms with Crippen molar-refractivity contribution in [2.45, 2.75) is 45.2 Å². The fourth-order valence-corrected chi connectivity index (χ4v) is 3.13. The van der Waals surface area contributed by atoms with Gasteiger partial charge in [-0.2, -0.15) is 0 Å². The maximum atomic E-state index is 12.5. The lowest BCUT2D eigenvalue weighted by atomic mass is 9.92. The number of nitrogens with two attached hydrogens (primary N) is 1. The van der Waals surface area contributed by atoms with E-state index in [4.69, 9.17) is 5.73 Å². The van der Waals surface area contributed by atoms with Crippen LogP contribution in [0.4, 0.5) is 0 Å². The number of rotatable bonds is 5. The average Bonchev–Trinajstić information content (AvgIpc) is 2.55. The van der Waals surface area contributed by atoms with Gasteiger partial charge in [-0.1, -0.05) is 25.1 Å². The van der Waals surface area contributed by atoms with Gasteiger partial charge in [-0.3, -0.25) is 9.59 Å². The lowest BCUT2D eigenvalue weighted by Crippen LogP contribution is -2.50. The van der Waals surface area contributed by atoms with Crippen LogP contribution in [0.5, 0.6) is 0 Å². The summed E-state index contributed by atoms with van der Waals surface area (Å²) in [5, 5.41) is 2.89. The molecular weight excluding hydrogens is 290 g/mol. The highest BCUT2D eigenvalue weighted by molar-refractivity contribution is 5.94. The Bertz CT molecular complexity index is 532. The van der Waals surface area contributed by atoms with Crippen molar-refractivity contribution in [2.24, 2.45) is 11.7 Å². The Balaban J connectivity index is 1.88. The van der Waals surface area contributed by atoms with Crippen molar-refractivity contribution >= 4 is 11.8 Å². The molecule has 0 bridgehead atoms. The lowest BCUT2D eigenvalue weighted by molar-refractivity contribution is -0.135. The van der Waals surface area contributed by atoms with Crippen molar-refractivity contribution in [2.75, 3.05) is 13.1 Å². The Morgan fingerprint density at radius 2 is 2.04 bits per heavy atom. The van der Waals surface area contributed by atoms with Crippen LogP contribution < -0.4 is 11.1 Å². The van der Waals surface area contributed by atoms with E-state index in [0.29, 0.717) is 24.4 Å². The summed E-state index contributed by atoms with van der Waals surface area (Å²) in [6.45, 7) is 5.33. The maximum Gasteiger partial charge on any atom is 0.251 e. The van der Waals surface area contributed by atoms with Gasteiger partial charge in [0.2, 0.25) is 5.91 Å². The predicted octanol–water partition coefficient (Wildman–Crippen LogP) is 1.78. The minimum atomic E-state index is -0.201. The quantitative estimate of drug-likeness (QED) is 0.869. The molecule has 1 aromatic carbocycles. The topological polar surface area (TPSA) is 75.4 Å². The molecule has 0 aromatic heterocycles. The average molecular weight is 317 g/mol. The van der Waals surface area contributed by atoms with Crippen molar-refractivity contribution in [3.63, 3.8) is 0 Å². The maximum absolute atomic E-state index is 12.5. The summed E-state index contributed by atoms with van der Waals surface area (Å²) < 4.78 is 0. The molecule has 5 heteroatoms. The number of amides is 2. The van der Waals surface area contributed by atoms with E-state index in [0.717, 1.165) is 19.4 Å². The number of carbonyl (C=O) groups is 2. The number of piperidine rings is 1. The van der Waals surface area contributed by atoms with Crippen molar-refractivity contribution in [1.29, 1.82) is 0 Å². The molecule has 0 spiro atoms. The minimum Gasteiger partial charge on any atom is -0.349 e. The number of hydrogen-bond acceptors (Lipinski definition) is 3. The van der Waals surface area contributed by atoms with E-state index in [1.165, 1.54) is 0 Å². The van der Waals surface area contributed by atoms with Crippen LogP contribution in [0.25, 0.3) is 0 Å². The van der Waals surface area contributed by atoms with Crippen molar-refractivity contribution in [1.82, 2.24) is 10.2 Å². The molecule has 1 fully saturated rings. The monoisotopic (exact) mass is 317 g/mol. The molecule has 1 aromatic rings. The summed E-state index contributed by atoms with van der Waals surface area (Å²) >= 11 is 0. The van der Waals surface area contributed by atoms with Gasteiger partial charge in [0, 0.05) is 37.2 Å².